The van der Waals surface area contributed by atoms with Crippen molar-refractivity contribution in [1.29, 1.82) is 0 Å². The van der Waals surface area contributed by atoms with Crippen LogP contribution >= 0.6 is 0 Å². The van der Waals surface area contributed by atoms with Crippen molar-refractivity contribution in [1.82, 2.24) is 9.80 Å². The van der Waals surface area contributed by atoms with E-state index < -0.39 is 61.1 Å². The first kappa shape index (κ1) is 29.4. The second-order valence-corrected chi connectivity index (χ2v) is 7.04. The third-order valence-corrected chi connectivity index (χ3v) is 4.90. The number of likely N-dealkylation sites (N-methyl/N-ethyl adjacent to an activating group) is 2. The molecule has 0 heterocycles. The molecule has 0 aliphatic carbocycles. The van der Waals surface area contributed by atoms with E-state index in [-0.39, 0.29) is 12.8 Å². The molecule has 0 saturated carbocycles. The lowest BCUT2D eigenvalue weighted by atomic mass is 9.96. The SMILES string of the molecule is CCN(CC)C(COC(=O)CC(O)(CC(=O)OC(=O)CCC(=O)O)C(=O)O)N(CC)CC. The van der Waals surface area contributed by atoms with Crippen molar-refractivity contribution >= 4 is 29.8 Å². The van der Waals surface area contributed by atoms with E-state index in [4.69, 9.17) is 9.84 Å². The summed E-state index contributed by atoms with van der Waals surface area (Å²) in [6.45, 7) is 10.5. The highest BCUT2D eigenvalue weighted by molar-refractivity contribution is 5.92. The molecular weight excluding hydrogens is 428 g/mol. The molecule has 32 heavy (non-hydrogen) atoms. The zero-order chi connectivity index (χ0) is 24.9. The Morgan fingerprint density at radius 1 is 0.781 bits per heavy atom. The molecule has 0 aromatic carbocycles. The summed E-state index contributed by atoms with van der Waals surface area (Å²) in [4.78, 5) is 61.6. The van der Waals surface area contributed by atoms with Gasteiger partial charge in [0.2, 0.25) is 0 Å². The molecule has 0 aliphatic rings. The number of hydrogen-bond donors (Lipinski definition) is 3. The summed E-state index contributed by atoms with van der Waals surface area (Å²) in [6.07, 6.45) is -3.66. The van der Waals surface area contributed by atoms with Gasteiger partial charge in [-0.1, -0.05) is 27.7 Å². The van der Waals surface area contributed by atoms with Gasteiger partial charge in [0, 0.05) is 0 Å². The number of aliphatic hydroxyl groups is 1. The first-order valence-corrected chi connectivity index (χ1v) is 10.5. The second kappa shape index (κ2) is 14.5. The summed E-state index contributed by atoms with van der Waals surface area (Å²) in [5, 5.41) is 28.1. The molecule has 0 bridgehead atoms. The topological polar surface area (TPSA) is 171 Å². The van der Waals surface area contributed by atoms with Gasteiger partial charge in [-0.2, -0.15) is 0 Å². The third kappa shape index (κ3) is 10.2. The van der Waals surface area contributed by atoms with Gasteiger partial charge >= 0.3 is 29.8 Å². The Kier molecular flexibility index (Phi) is 13.3. The van der Waals surface area contributed by atoms with Crippen LogP contribution in [-0.2, 0) is 33.4 Å². The largest absolute Gasteiger partial charge is 0.481 e. The number of hydrogen-bond acceptors (Lipinski definition) is 10. The van der Waals surface area contributed by atoms with Crippen molar-refractivity contribution in [3.8, 4) is 0 Å². The van der Waals surface area contributed by atoms with Crippen LogP contribution in [-0.4, -0.2) is 99.5 Å². The molecule has 1 unspecified atom stereocenters. The number of nitrogens with zero attached hydrogens (tertiary/aromatic N) is 2. The van der Waals surface area contributed by atoms with Crippen molar-refractivity contribution < 1.29 is 48.8 Å². The Bertz CT molecular complexity index is 649. The first-order chi connectivity index (χ1) is 14.9. The van der Waals surface area contributed by atoms with Gasteiger partial charge in [0.15, 0.2) is 5.60 Å². The summed E-state index contributed by atoms with van der Waals surface area (Å²) in [5.74, 6) is -6.78. The Morgan fingerprint density at radius 2 is 1.25 bits per heavy atom. The number of carbonyl (C=O) groups is 5. The Morgan fingerprint density at radius 3 is 1.66 bits per heavy atom. The van der Waals surface area contributed by atoms with Gasteiger partial charge in [0.05, 0.1) is 31.8 Å². The minimum atomic E-state index is -2.85. The highest BCUT2D eigenvalue weighted by atomic mass is 16.6. The average molecular weight is 462 g/mol. The predicted molar refractivity (Wildman–Crippen MR) is 110 cm³/mol. The molecule has 184 valence electrons. The van der Waals surface area contributed by atoms with E-state index in [2.05, 4.69) is 14.5 Å². The van der Waals surface area contributed by atoms with Gasteiger partial charge in [-0.25, -0.2) is 4.79 Å². The monoisotopic (exact) mass is 462 g/mol. The van der Waals surface area contributed by atoms with Crippen LogP contribution in [0.2, 0.25) is 0 Å². The predicted octanol–water partition coefficient (Wildman–Crippen LogP) is 0.0698. The molecule has 0 rings (SSSR count). The van der Waals surface area contributed by atoms with Crippen LogP contribution in [0.3, 0.4) is 0 Å². The van der Waals surface area contributed by atoms with Gasteiger partial charge in [-0.15, -0.1) is 0 Å². The number of carbonyl (C=O) groups excluding carboxylic acids is 3. The molecule has 12 heteroatoms. The lowest BCUT2D eigenvalue weighted by Gasteiger charge is -2.37. The fraction of sp³-hybridized carbons (Fsp3) is 0.750. The van der Waals surface area contributed by atoms with Crippen molar-refractivity contribution in [3.63, 3.8) is 0 Å². The lowest BCUT2D eigenvalue weighted by Crippen LogP contribution is -2.51. The third-order valence-electron chi connectivity index (χ3n) is 4.90. The van der Waals surface area contributed by atoms with Crippen molar-refractivity contribution in [2.75, 3.05) is 32.8 Å². The van der Waals surface area contributed by atoms with Crippen LogP contribution in [0.4, 0.5) is 0 Å². The van der Waals surface area contributed by atoms with Crippen LogP contribution in [0.25, 0.3) is 0 Å². The first-order valence-electron chi connectivity index (χ1n) is 10.5. The van der Waals surface area contributed by atoms with Crippen LogP contribution in [0.1, 0.15) is 53.4 Å². The standard InChI is InChI=1S/C20H34N2O10/c1-5-21(6-2)14(22(7-3)8-4)13-31-17(26)11-20(30,19(28)29)12-18(27)32-16(25)10-9-15(23)24/h14,30H,5-13H2,1-4H3,(H,23,24)(H,28,29). The van der Waals surface area contributed by atoms with Crippen molar-refractivity contribution in [2.45, 2.75) is 65.1 Å². The molecule has 0 spiro atoms. The molecule has 0 aromatic heterocycles. The zero-order valence-corrected chi connectivity index (χ0v) is 19.0. The Labute approximate surface area is 187 Å². The molecule has 0 aliphatic heterocycles. The molecule has 12 nitrogen and oxygen atoms in total. The van der Waals surface area contributed by atoms with Crippen LogP contribution in [0, 0.1) is 0 Å². The Hall–Kier alpha value is -2.57. The van der Waals surface area contributed by atoms with Crippen LogP contribution in [0.15, 0.2) is 0 Å². The molecule has 0 aromatic rings. The normalized spacial score (nSPS) is 13.1. The van der Waals surface area contributed by atoms with E-state index in [1.165, 1.54) is 0 Å². The lowest BCUT2D eigenvalue weighted by molar-refractivity contribution is -0.176. The fourth-order valence-corrected chi connectivity index (χ4v) is 3.06. The van der Waals surface area contributed by atoms with E-state index in [9.17, 15) is 34.2 Å². The molecule has 0 amide bonds. The van der Waals surface area contributed by atoms with Crippen LogP contribution < -0.4 is 0 Å². The highest BCUT2D eigenvalue weighted by Gasteiger charge is 2.42. The molecule has 0 radical (unpaired) electrons. The molecular formula is C20H34N2O10. The number of carboxylic acids is 2. The summed E-state index contributed by atoms with van der Waals surface area (Å²) < 4.78 is 9.53. The number of ether oxygens (including phenoxy) is 2. The van der Waals surface area contributed by atoms with Crippen molar-refractivity contribution in [2.24, 2.45) is 0 Å². The van der Waals surface area contributed by atoms with E-state index in [0.717, 1.165) is 0 Å². The minimum Gasteiger partial charge on any atom is -0.481 e. The van der Waals surface area contributed by atoms with Gasteiger partial charge in [-0.3, -0.25) is 29.0 Å². The Balaban J connectivity index is 5.09. The average Bonchev–Trinajstić information content (AvgIpc) is 2.71. The highest BCUT2D eigenvalue weighted by Crippen LogP contribution is 2.19. The zero-order valence-electron chi connectivity index (χ0n) is 19.0. The molecule has 1 atom stereocenters. The fourth-order valence-electron chi connectivity index (χ4n) is 3.06. The maximum absolute atomic E-state index is 12.3. The number of rotatable bonds is 16. The quantitative estimate of drug-likeness (QED) is 0.160. The van der Waals surface area contributed by atoms with E-state index in [1.54, 1.807) is 0 Å². The second-order valence-electron chi connectivity index (χ2n) is 7.04. The van der Waals surface area contributed by atoms with Crippen molar-refractivity contribution in [3.05, 3.63) is 0 Å². The van der Waals surface area contributed by atoms with Gasteiger partial charge < -0.3 is 24.8 Å². The molecule has 0 fully saturated rings. The number of carboxylic acid groups (broad SMARTS) is 2. The number of aliphatic carboxylic acids is 2. The maximum atomic E-state index is 12.3. The van der Waals surface area contributed by atoms with Crippen LogP contribution in [0.5, 0.6) is 0 Å². The van der Waals surface area contributed by atoms with E-state index >= 15 is 0 Å². The van der Waals surface area contributed by atoms with Gasteiger partial charge in [0.1, 0.15) is 6.61 Å². The summed E-state index contributed by atoms with van der Waals surface area (Å²) in [6, 6.07) is 0. The smallest absolute Gasteiger partial charge is 0.336 e. The summed E-state index contributed by atoms with van der Waals surface area (Å²) in [7, 11) is 0. The van der Waals surface area contributed by atoms with E-state index in [1.807, 2.05) is 27.7 Å². The molecule has 0 saturated heterocycles. The summed E-state index contributed by atoms with van der Waals surface area (Å²) >= 11 is 0. The molecule has 3 N–H and O–H groups in total. The van der Waals surface area contributed by atoms with E-state index in [0.29, 0.717) is 26.2 Å². The maximum Gasteiger partial charge on any atom is 0.336 e. The minimum absolute atomic E-state index is 0.0734. The van der Waals surface area contributed by atoms with Gasteiger partial charge in [-0.05, 0) is 26.2 Å². The van der Waals surface area contributed by atoms with Gasteiger partial charge in [0.25, 0.3) is 0 Å². The number of esters is 3. The summed E-state index contributed by atoms with van der Waals surface area (Å²) in [5.41, 5.74) is -2.85.